The smallest absolute Gasteiger partial charge is 0.317 e. The van der Waals surface area contributed by atoms with Gasteiger partial charge in [0.15, 0.2) is 0 Å². The van der Waals surface area contributed by atoms with E-state index in [1.54, 1.807) is 14.1 Å². The predicted octanol–water partition coefficient (Wildman–Crippen LogP) is -0.464. The first-order valence-corrected chi connectivity index (χ1v) is 4.34. The van der Waals surface area contributed by atoms with Crippen molar-refractivity contribution in [3.8, 4) is 0 Å². The van der Waals surface area contributed by atoms with Crippen LogP contribution in [-0.2, 0) is 4.79 Å². The van der Waals surface area contributed by atoms with Crippen LogP contribution in [0.4, 0.5) is 4.79 Å². The van der Waals surface area contributed by atoms with Crippen LogP contribution in [0.1, 0.15) is 12.8 Å². The highest BCUT2D eigenvalue weighted by molar-refractivity contribution is 5.84. The molecule has 0 atom stereocenters. The molecule has 3 amide bonds. The first kappa shape index (κ1) is 9.83. The SMILES string of the molecule is CN(C)C(=O)NCC(=O)NC1CC1. The highest BCUT2D eigenvalue weighted by atomic mass is 16.2. The molecule has 0 spiro atoms. The number of amides is 3. The standard InChI is InChI=1S/C8H15N3O2/c1-11(2)8(13)9-5-7(12)10-6-3-4-6/h6H,3-5H2,1-2H3,(H,9,13)(H,10,12). The Kier molecular flexibility index (Phi) is 3.11. The maximum absolute atomic E-state index is 11.1. The Bertz CT molecular complexity index is 211. The lowest BCUT2D eigenvalue weighted by molar-refractivity contribution is -0.120. The third kappa shape index (κ3) is 3.78. The van der Waals surface area contributed by atoms with Gasteiger partial charge in [0.1, 0.15) is 0 Å². The van der Waals surface area contributed by atoms with Crippen molar-refractivity contribution < 1.29 is 9.59 Å². The number of nitrogens with zero attached hydrogens (tertiary/aromatic N) is 1. The molecule has 0 heterocycles. The van der Waals surface area contributed by atoms with Crippen LogP contribution in [0.2, 0.25) is 0 Å². The molecule has 0 radical (unpaired) electrons. The summed E-state index contributed by atoms with van der Waals surface area (Å²) in [5.41, 5.74) is 0. The molecule has 0 aromatic heterocycles. The highest BCUT2D eigenvalue weighted by Gasteiger charge is 2.23. The molecule has 74 valence electrons. The lowest BCUT2D eigenvalue weighted by Crippen LogP contribution is -2.41. The molecule has 0 aromatic rings. The van der Waals surface area contributed by atoms with Gasteiger partial charge < -0.3 is 15.5 Å². The highest BCUT2D eigenvalue weighted by Crippen LogP contribution is 2.18. The Morgan fingerprint density at radius 3 is 2.46 bits per heavy atom. The van der Waals surface area contributed by atoms with E-state index in [4.69, 9.17) is 0 Å². The number of urea groups is 1. The van der Waals surface area contributed by atoms with Crippen LogP contribution in [0.25, 0.3) is 0 Å². The second-order valence-electron chi connectivity index (χ2n) is 3.39. The molecule has 0 aliphatic heterocycles. The molecular weight excluding hydrogens is 170 g/mol. The summed E-state index contributed by atoms with van der Waals surface area (Å²) in [6, 6.07) is 0.106. The molecule has 1 saturated carbocycles. The van der Waals surface area contributed by atoms with E-state index in [1.807, 2.05) is 0 Å². The van der Waals surface area contributed by atoms with Gasteiger partial charge in [-0.2, -0.15) is 0 Å². The monoisotopic (exact) mass is 185 g/mol. The van der Waals surface area contributed by atoms with E-state index in [2.05, 4.69) is 10.6 Å². The van der Waals surface area contributed by atoms with E-state index in [0.29, 0.717) is 6.04 Å². The minimum absolute atomic E-state index is 0.0630. The van der Waals surface area contributed by atoms with Gasteiger partial charge >= 0.3 is 6.03 Å². The van der Waals surface area contributed by atoms with Crippen molar-refractivity contribution >= 4 is 11.9 Å². The van der Waals surface area contributed by atoms with Crippen LogP contribution in [-0.4, -0.2) is 43.5 Å². The summed E-state index contributed by atoms with van der Waals surface area (Å²) >= 11 is 0. The van der Waals surface area contributed by atoms with E-state index in [9.17, 15) is 9.59 Å². The summed E-state index contributed by atoms with van der Waals surface area (Å²) in [6.45, 7) is 0.0630. The molecule has 1 aliphatic carbocycles. The van der Waals surface area contributed by atoms with Crippen molar-refractivity contribution in [1.29, 1.82) is 0 Å². The minimum Gasteiger partial charge on any atom is -0.352 e. The molecule has 2 N–H and O–H groups in total. The van der Waals surface area contributed by atoms with Crippen LogP contribution in [0.3, 0.4) is 0 Å². The molecule has 0 unspecified atom stereocenters. The molecule has 5 heteroatoms. The van der Waals surface area contributed by atoms with E-state index in [0.717, 1.165) is 12.8 Å². The zero-order valence-electron chi connectivity index (χ0n) is 7.96. The van der Waals surface area contributed by atoms with Gasteiger partial charge in [-0.25, -0.2) is 4.79 Å². The predicted molar refractivity (Wildman–Crippen MR) is 48.3 cm³/mol. The van der Waals surface area contributed by atoms with E-state index in [-0.39, 0.29) is 18.5 Å². The van der Waals surface area contributed by atoms with E-state index in [1.165, 1.54) is 4.90 Å². The van der Waals surface area contributed by atoms with Crippen molar-refractivity contribution in [3.05, 3.63) is 0 Å². The largest absolute Gasteiger partial charge is 0.352 e. The third-order valence-electron chi connectivity index (χ3n) is 1.75. The Balaban J connectivity index is 2.09. The van der Waals surface area contributed by atoms with Crippen LogP contribution < -0.4 is 10.6 Å². The Morgan fingerprint density at radius 2 is 2.00 bits per heavy atom. The number of carbonyl (C=O) groups excluding carboxylic acids is 2. The van der Waals surface area contributed by atoms with E-state index >= 15 is 0 Å². The second-order valence-corrected chi connectivity index (χ2v) is 3.39. The van der Waals surface area contributed by atoms with Gasteiger partial charge in [0.2, 0.25) is 5.91 Å². The zero-order chi connectivity index (χ0) is 9.84. The topological polar surface area (TPSA) is 61.4 Å². The molecule has 0 aromatic carbocycles. The van der Waals surface area contributed by atoms with Crippen LogP contribution in [0.15, 0.2) is 0 Å². The van der Waals surface area contributed by atoms with Gasteiger partial charge in [0, 0.05) is 20.1 Å². The van der Waals surface area contributed by atoms with Crippen molar-refractivity contribution in [1.82, 2.24) is 15.5 Å². The first-order valence-electron chi connectivity index (χ1n) is 4.34. The average molecular weight is 185 g/mol. The average Bonchev–Trinajstić information content (AvgIpc) is 2.83. The molecule has 1 aliphatic rings. The van der Waals surface area contributed by atoms with Gasteiger partial charge in [-0.3, -0.25) is 4.79 Å². The Labute approximate surface area is 77.5 Å². The van der Waals surface area contributed by atoms with Gasteiger partial charge in [-0.15, -0.1) is 0 Å². The maximum Gasteiger partial charge on any atom is 0.317 e. The molecule has 13 heavy (non-hydrogen) atoms. The first-order chi connectivity index (χ1) is 6.09. The summed E-state index contributed by atoms with van der Waals surface area (Å²) in [6.07, 6.45) is 2.13. The quantitative estimate of drug-likeness (QED) is 0.624. The molecule has 5 nitrogen and oxygen atoms in total. The fourth-order valence-corrected chi connectivity index (χ4v) is 0.820. The molecule has 1 rings (SSSR count). The van der Waals surface area contributed by atoms with Crippen LogP contribution >= 0.6 is 0 Å². The zero-order valence-corrected chi connectivity index (χ0v) is 7.96. The number of nitrogens with one attached hydrogen (secondary N) is 2. The fraction of sp³-hybridized carbons (Fsp3) is 0.750. The van der Waals surface area contributed by atoms with Gasteiger partial charge in [0.05, 0.1) is 6.54 Å². The van der Waals surface area contributed by atoms with Crippen molar-refractivity contribution in [3.63, 3.8) is 0 Å². The number of rotatable bonds is 3. The fourth-order valence-electron chi connectivity index (χ4n) is 0.820. The molecule has 1 fully saturated rings. The van der Waals surface area contributed by atoms with Crippen LogP contribution in [0, 0.1) is 0 Å². The minimum atomic E-state index is -0.244. The number of carbonyl (C=O) groups is 2. The molecular formula is C8H15N3O2. The van der Waals surface area contributed by atoms with Gasteiger partial charge in [-0.1, -0.05) is 0 Å². The van der Waals surface area contributed by atoms with Crippen LogP contribution in [0.5, 0.6) is 0 Å². The summed E-state index contributed by atoms with van der Waals surface area (Å²) in [7, 11) is 3.27. The normalized spacial score (nSPS) is 14.9. The number of hydrogen-bond acceptors (Lipinski definition) is 2. The Morgan fingerprint density at radius 1 is 1.38 bits per heavy atom. The third-order valence-corrected chi connectivity index (χ3v) is 1.75. The lowest BCUT2D eigenvalue weighted by Gasteiger charge is -2.11. The summed E-state index contributed by atoms with van der Waals surface area (Å²) in [5.74, 6) is -0.113. The maximum atomic E-state index is 11.1. The Hall–Kier alpha value is -1.26. The molecule has 0 bridgehead atoms. The summed E-state index contributed by atoms with van der Waals surface area (Å²) in [5, 5.41) is 5.27. The second kappa shape index (κ2) is 4.11. The lowest BCUT2D eigenvalue weighted by atomic mass is 10.5. The van der Waals surface area contributed by atoms with Gasteiger partial charge in [-0.05, 0) is 12.8 Å². The van der Waals surface area contributed by atoms with Crippen molar-refractivity contribution in [2.24, 2.45) is 0 Å². The van der Waals surface area contributed by atoms with Crippen molar-refractivity contribution in [2.75, 3.05) is 20.6 Å². The molecule has 0 saturated heterocycles. The summed E-state index contributed by atoms with van der Waals surface area (Å²) in [4.78, 5) is 23.5. The summed E-state index contributed by atoms with van der Waals surface area (Å²) < 4.78 is 0. The van der Waals surface area contributed by atoms with Crippen molar-refractivity contribution in [2.45, 2.75) is 18.9 Å². The van der Waals surface area contributed by atoms with Gasteiger partial charge in [0.25, 0.3) is 0 Å². The van der Waals surface area contributed by atoms with E-state index < -0.39 is 0 Å². The number of hydrogen-bond donors (Lipinski definition) is 2.